The number of nitrogens with zero attached hydrogens (tertiary/aromatic N) is 2. The third-order valence-corrected chi connectivity index (χ3v) is 4.14. The van der Waals surface area contributed by atoms with Crippen LogP contribution in [-0.4, -0.2) is 36.7 Å². The number of aromatic nitrogens is 2. The van der Waals surface area contributed by atoms with Crippen molar-refractivity contribution in [2.75, 3.05) is 32.1 Å². The van der Waals surface area contributed by atoms with Gasteiger partial charge in [0.25, 0.3) is 0 Å². The van der Waals surface area contributed by atoms with Crippen LogP contribution in [0.25, 0.3) is 11.4 Å². The summed E-state index contributed by atoms with van der Waals surface area (Å²) in [5.74, 6) is 1.69. The number of rotatable bonds is 6. The molecule has 1 aliphatic heterocycles. The van der Waals surface area contributed by atoms with Crippen molar-refractivity contribution in [2.24, 2.45) is 5.92 Å². The normalized spacial score (nSPS) is 17.7. The van der Waals surface area contributed by atoms with Crippen molar-refractivity contribution in [3.05, 3.63) is 41.8 Å². The zero-order valence-electron chi connectivity index (χ0n) is 13.9. The van der Waals surface area contributed by atoms with E-state index in [9.17, 15) is 4.39 Å². The highest BCUT2D eigenvalue weighted by atomic mass is 19.1. The Morgan fingerprint density at radius 1 is 1.29 bits per heavy atom. The van der Waals surface area contributed by atoms with Gasteiger partial charge in [-0.1, -0.05) is 0 Å². The van der Waals surface area contributed by atoms with E-state index in [1.807, 2.05) is 6.07 Å². The van der Waals surface area contributed by atoms with Gasteiger partial charge in [0.2, 0.25) is 0 Å². The molecule has 2 heterocycles. The van der Waals surface area contributed by atoms with Crippen LogP contribution in [0.1, 0.15) is 18.5 Å². The average molecular weight is 330 g/mol. The Morgan fingerprint density at radius 2 is 2.12 bits per heavy atom. The zero-order chi connectivity index (χ0) is 16.8. The number of nitrogens with one attached hydrogen (secondary N) is 2. The van der Waals surface area contributed by atoms with Crippen LogP contribution in [0.5, 0.6) is 0 Å². The van der Waals surface area contributed by atoms with E-state index in [4.69, 9.17) is 4.74 Å². The molecule has 128 valence electrons. The number of methoxy groups -OCH3 is 1. The third-order valence-electron chi connectivity index (χ3n) is 4.14. The molecule has 1 aliphatic rings. The molecule has 0 amide bonds. The van der Waals surface area contributed by atoms with Crippen LogP contribution in [-0.2, 0) is 11.3 Å². The fourth-order valence-electron chi connectivity index (χ4n) is 2.89. The summed E-state index contributed by atoms with van der Waals surface area (Å²) < 4.78 is 18.3. The molecule has 2 N–H and O–H groups in total. The summed E-state index contributed by atoms with van der Waals surface area (Å²) in [6, 6.07) is 8.13. The van der Waals surface area contributed by atoms with Crippen LogP contribution in [0, 0.1) is 11.7 Å². The summed E-state index contributed by atoms with van der Waals surface area (Å²) in [4.78, 5) is 9.09. The second-order valence-corrected chi connectivity index (χ2v) is 6.10. The molecule has 1 atom stereocenters. The highest BCUT2D eigenvalue weighted by Crippen LogP contribution is 2.20. The predicted octanol–water partition coefficient (Wildman–Crippen LogP) is 2.84. The number of piperidine rings is 1. The van der Waals surface area contributed by atoms with Crippen molar-refractivity contribution in [3.8, 4) is 11.4 Å². The maximum atomic E-state index is 13.1. The summed E-state index contributed by atoms with van der Waals surface area (Å²) in [5, 5.41) is 6.83. The van der Waals surface area contributed by atoms with Gasteiger partial charge in [-0.3, -0.25) is 0 Å². The Labute approximate surface area is 141 Å². The standard InChI is InChI=1S/C18H23FN4O/c1-24-12-16-9-17(21-11-13-3-2-8-20-10-13)23-18(22-16)14-4-6-15(19)7-5-14/h4-7,9,13,20H,2-3,8,10-12H2,1H3,(H,21,22,23). The topological polar surface area (TPSA) is 59.1 Å². The molecule has 1 aromatic heterocycles. The van der Waals surface area contributed by atoms with E-state index in [0.29, 0.717) is 18.3 Å². The zero-order valence-corrected chi connectivity index (χ0v) is 13.9. The summed E-state index contributed by atoms with van der Waals surface area (Å²) in [7, 11) is 1.64. The highest BCUT2D eigenvalue weighted by molar-refractivity contribution is 5.57. The van der Waals surface area contributed by atoms with Crippen LogP contribution in [0.3, 0.4) is 0 Å². The molecule has 0 bridgehead atoms. The summed E-state index contributed by atoms with van der Waals surface area (Å²) in [6.07, 6.45) is 2.44. The Hall–Kier alpha value is -2.05. The van der Waals surface area contributed by atoms with Crippen LogP contribution >= 0.6 is 0 Å². The molecule has 0 saturated carbocycles. The first-order chi connectivity index (χ1) is 11.7. The Bertz CT molecular complexity index is 657. The second kappa shape index (κ2) is 8.17. The van der Waals surface area contributed by atoms with E-state index in [-0.39, 0.29) is 5.82 Å². The fraction of sp³-hybridized carbons (Fsp3) is 0.444. The van der Waals surface area contributed by atoms with Gasteiger partial charge < -0.3 is 15.4 Å². The summed E-state index contributed by atoms with van der Waals surface area (Å²) in [5.41, 5.74) is 1.59. The van der Waals surface area contributed by atoms with E-state index < -0.39 is 0 Å². The smallest absolute Gasteiger partial charge is 0.161 e. The lowest BCUT2D eigenvalue weighted by molar-refractivity contribution is 0.181. The van der Waals surface area contributed by atoms with Crippen molar-refractivity contribution < 1.29 is 9.13 Å². The average Bonchev–Trinajstić information content (AvgIpc) is 2.62. The third kappa shape index (κ3) is 4.49. The molecular formula is C18H23FN4O. The van der Waals surface area contributed by atoms with Gasteiger partial charge >= 0.3 is 0 Å². The lowest BCUT2D eigenvalue weighted by Crippen LogP contribution is -2.33. The maximum absolute atomic E-state index is 13.1. The molecular weight excluding hydrogens is 307 g/mol. The largest absolute Gasteiger partial charge is 0.378 e. The van der Waals surface area contributed by atoms with Gasteiger partial charge in [0.15, 0.2) is 5.82 Å². The van der Waals surface area contributed by atoms with Crippen LogP contribution in [0.2, 0.25) is 0 Å². The molecule has 5 nitrogen and oxygen atoms in total. The van der Waals surface area contributed by atoms with E-state index >= 15 is 0 Å². The number of ether oxygens (including phenoxy) is 1. The molecule has 0 radical (unpaired) electrons. The molecule has 0 aliphatic carbocycles. The quantitative estimate of drug-likeness (QED) is 0.853. The van der Waals surface area contributed by atoms with Gasteiger partial charge in [-0.15, -0.1) is 0 Å². The SMILES string of the molecule is COCc1cc(NCC2CCCNC2)nc(-c2ccc(F)cc2)n1. The first-order valence-corrected chi connectivity index (χ1v) is 8.32. The van der Waals surface area contributed by atoms with Gasteiger partial charge in [-0.25, -0.2) is 14.4 Å². The summed E-state index contributed by atoms with van der Waals surface area (Å²) in [6.45, 7) is 3.43. The van der Waals surface area contributed by atoms with Crippen LogP contribution < -0.4 is 10.6 Å². The van der Waals surface area contributed by atoms with Gasteiger partial charge in [0.05, 0.1) is 12.3 Å². The van der Waals surface area contributed by atoms with Crippen molar-refractivity contribution in [2.45, 2.75) is 19.4 Å². The van der Waals surface area contributed by atoms with Crippen molar-refractivity contribution >= 4 is 5.82 Å². The van der Waals surface area contributed by atoms with Crippen molar-refractivity contribution in [3.63, 3.8) is 0 Å². The molecule has 1 unspecified atom stereocenters. The Morgan fingerprint density at radius 3 is 2.83 bits per heavy atom. The molecule has 0 spiro atoms. The monoisotopic (exact) mass is 330 g/mol. The van der Waals surface area contributed by atoms with Gasteiger partial charge in [-0.2, -0.15) is 0 Å². The molecule has 6 heteroatoms. The van der Waals surface area contributed by atoms with Crippen LogP contribution in [0.15, 0.2) is 30.3 Å². The first kappa shape index (κ1) is 16.8. The molecule has 3 rings (SSSR count). The summed E-state index contributed by atoms with van der Waals surface area (Å²) >= 11 is 0. The van der Waals surface area contributed by atoms with Crippen molar-refractivity contribution in [1.29, 1.82) is 0 Å². The van der Waals surface area contributed by atoms with Gasteiger partial charge in [-0.05, 0) is 56.1 Å². The van der Waals surface area contributed by atoms with E-state index in [1.165, 1.54) is 25.0 Å². The number of halogens is 1. The molecule has 1 aromatic carbocycles. The van der Waals surface area contributed by atoms with E-state index in [1.54, 1.807) is 19.2 Å². The number of hydrogen-bond acceptors (Lipinski definition) is 5. The van der Waals surface area contributed by atoms with Gasteiger partial charge in [0.1, 0.15) is 11.6 Å². The fourth-order valence-corrected chi connectivity index (χ4v) is 2.89. The van der Waals surface area contributed by atoms with Crippen LogP contribution in [0.4, 0.5) is 10.2 Å². The lowest BCUT2D eigenvalue weighted by atomic mass is 10.00. The molecule has 1 fully saturated rings. The predicted molar refractivity (Wildman–Crippen MR) is 92.2 cm³/mol. The number of anilines is 1. The minimum Gasteiger partial charge on any atom is -0.378 e. The first-order valence-electron chi connectivity index (χ1n) is 8.32. The Kier molecular flexibility index (Phi) is 5.72. The second-order valence-electron chi connectivity index (χ2n) is 6.10. The van der Waals surface area contributed by atoms with E-state index in [2.05, 4.69) is 20.6 Å². The molecule has 24 heavy (non-hydrogen) atoms. The number of hydrogen-bond donors (Lipinski definition) is 2. The van der Waals surface area contributed by atoms with Crippen molar-refractivity contribution in [1.82, 2.24) is 15.3 Å². The minimum atomic E-state index is -0.269. The molecule has 2 aromatic rings. The maximum Gasteiger partial charge on any atom is 0.161 e. The minimum absolute atomic E-state index is 0.269. The Balaban J connectivity index is 1.78. The molecule has 1 saturated heterocycles. The van der Waals surface area contributed by atoms with E-state index in [0.717, 1.165) is 36.7 Å². The number of benzene rings is 1. The van der Waals surface area contributed by atoms with Gasteiger partial charge in [0, 0.05) is 25.3 Å². The lowest BCUT2D eigenvalue weighted by Gasteiger charge is -2.23. The highest BCUT2D eigenvalue weighted by Gasteiger charge is 2.13.